The fraction of sp³-hybridized carbons (Fsp3) is 0.222. The Bertz CT molecular complexity index is 716. The Labute approximate surface area is 149 Å². The Morgan fingerprint density at radius 2 is 1.88 bits per heavy atom. The van der Waals surface area contributed by atoms with Crippen molar-refractivity contribution in [3.63, 3.8) is 0 Å². The highest BCUT2D eigenvalue weighted by Gasteiger charge is 2.17. The Balaban J connectivity index is 2.00. The van der Waals surface area contributed by atoms with Gasteiger partial charge >= 0.3 is 0 Å². The summed E-state index contributed by atoms with van der Waals surface area (Å²) in [5.74, 6) is 0.294. The molecule has 0 aliphatic rings. The third kappa shape index (κ3) is 4.83. The number of nitrogens with zero attached hydrogens (tertiary/aromatic N) is 1. The smallest absolute Gasteiger partial charge is 0.254 e. The number of likely N-dealkylation sites (N-methyl/N-ethyl adjacent to an activating group) is 1. The van der Waals surface area contributed by atoms with Gasteiger partial charge in [0.2, 0.25) is 5.91 Å². The molecule has 0 aromatic heterocycles. The predicted molar refractivity (Wildman–Crippen MR) is 97.3 cm³/mol. The van der Waals surface area contributed by atoms with E-state index in [1.165, 1.54) is 4.90 Å². The first-order valence-electron chi connectivity index (χ1n) is 7.52. The van der Waals surface area contributed by atoms with Crippen molar-refractivity contribution in [2.75, 3.05) is 25.5 Å². The summed E-state index contributed by atoms with van der Waals surface area (Å²) >= 11 is 3.35. The molecule has 2 amide bonds. The van der Waals surface area contributed by atoms with E-state index in [0.717, 1.165) is 4.47 Å². The van der Waals surface area contributed by atoms with Gasteiger partial charge < -0.3 is 15.0 Å². The Kier molecular flexibility index (Phi) is 6.37. The van der Waals surface area contributed by atoms with Crippen LogP contribution in [0.2, 0.25) is 0 Å². The van der Waals surface area contributed by atoms with E-state index in [4.69, 9.17) is 4.74 Å². The minimum absolute atomic E-state index is 0.00608. The number of amides is 2. The van der Waals surface area contributed by atoms with E-state index < -0.39 is 0 Å². The zero-order chi connectivity index (χ0) is 17.5. The predicted octanol–water partition coefficient (Wildman–Crippen LogP) is 3.56. The molecule has 0 spiro atoms. The van der Waals surface area contributed by atoms with Gasteiger partial charge in [0.25, 0.3) is 5.91 Å². The number of halogens is 1. The minimum atomic E-state index is -0.245. The number of nitrogens with one attached hydrogen (secondary N) is 1. The number of carbonyl (C=O) groups is 2. The van der Waals surface area contributed by atoms with Gasteiger partial charge in [0.1, 0.15) is 12.3 Å². The first-order valence-corrected chi connectivity index (χ1v) is 8.31. The number of ether oxygens (including phenoxy) is 1. The van der Waals surface area contributed by atoms with Gasteiger partial charge in [-0.05, 0) is 49.4 Å². The molecule has 0 saturated carbocycles. The second kappa shape index (κ2) is 8.49. The molecule has 0 aliphatic heterocycles. The minimum Gasteiger partial charge on any atom is -0.497 e. The average Bonchev–Trinajstić information content (AvgIpc) is 2.59. The molecule has 2 aromatic carbocycles. The summed E-state index contributed by atoms with van der Waals surface area (Å²) in [7, 11) is 1.58. The fourth-order valence-electron chi connectivity index (χ4n) is 2.18. The molecule has 6 heteroatoms. The lowest BCUT2D eigenvalue weighted by molar-refractivity contribution is -0.116. The highest BCUT2D eigenvalue weighted by molar-refractivity contribution is 9.10. The van der Waals surface area contributed by atoms with Gasteiger partial charge in [-0.25, -0.2) is 0 Å². The van der Waals surface area contributed by atoms with E-state index in [1.807, 2.05) is 13.0 Å². The lowest BCUT2D eigenvalue weighted by atomic mass is 10.2. The molecule has 5 nitrogen and oxygen atoms in total. The molecule has 2 aromatic rings. The van der Waals surface area contributed by atoms with Gasteiger partial charge in [-0.1, -0.05) is 22.0 Å². The van der Waals surface area contributed by atoms with E-state index >= 15 is 0 Å². The second-order valence-corrected chi connectivity index (χ2v) is 6.02. The van der Waals surface area contributed by atoms with Crippen LogP contribution in [0.4, 0.5) is 5.69 Å². The average molecular weight is 391 g/mol. The van der Waals surface area contributed by atoms with Gasteiger partial charge in [0, 0.05) is 22.3 Å². The Morgan fingerprint density at radius 1 is 1.17 bits per heavy atom. The molecule has 0 aliphatic carbocycles. The summed E-state index contributed by atoms with van der Waals surface area (Å²) in [6.07, 6.45) is 0. The van der Waals surface area contributed by atoms with E-state index in [0.29, 0.717) is 23.5 Å². The zero-order valence-electron chi connectivity index (χ0n) is 13.6. The first-order chi connectivity index (χ1) is 11.5. The number of hydrogen-bond acceptors (Lipinski definition) is 3. The summed E-state index contributed by atoms with van der Waals surface area (Å²) in [5, 5.41) is 2.78. The van der Waals surface area contributed by atoms with Crippen LogP contribution in [-0.2, 0) is 4.79 Å². The summed E-state index contributed by atoms with van der Waals surface area (Å²) < 4.78 is 5.90. The first kappa shape index (κ1) is 18.0. The maximum absolute atomic E-state index is 12.5. The molecule has 2 rings (SSSR count). The number of rotatable bonds is 6. The van der Waals surface area contributed by atoms with Crippen LogP contribution in [0.3, 0.4) is 0 Å². The molecule has 126 valence electrons. The van der Waals surface area contributed by atoms with Crippen molar-refractivity contribution in [3.05, 3.63) is 58.6 Å². The van der Waals surface area contributed by atoms with Crippen LogP contribution in [0.25, 0.3) is 0 Å². The van der Waals surface area contributed by atoms with Crippen LogP contribution < -0.4 is 10.1 Å². The van der Waals surface area contributed by atoms with Crippen molar-refractivity contribution in [1.29, 1.82) is 0 Å². The number of hydrogen-bond donors (Lipinski definition) is 1. The van der Waals surface area contributed by atoms with Crippen molar-refractivity contribution < 1.29 is 14.3 Å². The molecule has 24 heavy (non-hydrogen) atoms. The van der Waals surface area contributed by atoms with Gasteiger partial charge in [0.05, 0.1) is 7.11 Å². The molecular weight excluding hydrogens is 372 g/mol. The van der Waals surface area contributed by atoms with Crippen LogP contribution in [0.15, 0.2) is 53.0 Å². The Morgan fingerprint density at radius 3 is 2.46 bits per heavy atom. The molecule has 0 atom stereocenters. The largest absolute Gasteiger partial charge is 0.497 e. The van der Waals surface area contributed by atoms with Gasteiger partial charge in [-0.2, -0.15) is 0 Å². The maximum atomic E-state index is 12.5. The molecule has 0 saturated heterocycles. The van der Waals surface area contributed by atoms with E-state index in [9.17, 15) is 9.59 Å². The Hall–Kier alpha value is -2.34. The summed E-state index contributed by atoms with van der Waals surface area (Å²) in [4.78, 5) is 26.2. The fourth-order valence-corrected chi connectivity index (χ4v) is 2.58. The molecular formula is C18H19BrN2O3. The number of methoxy groups -OCH3 is 1. The van der Waals surface area contributed by atoms with Crippen molar-refractivity contribution in [3.8, 4) is 5.75 Å². The van der Waals surface area contributed by atoms with Gasteiger partial charge in [-0.15, -0.1) is 0 Å². The van der Waals surface area contributed by atoms with E-state index in [-0.39, 0.29) is 18.4 Å². The number of carbonyl (C=O) groups excluding carboxylic acids is 2. The van der Waals surface area contributed by atoms with E-state index in [2.05, 4.69) is 21.2 Å². The third-order valence-electron chi connectivity index (χ3n) is 3.45. The van der Waals surface area contributed by atoms with Crippen molar-refractivity contribution in [2.24, 2.45) is 0 Å². The highest BCUT2D eigenvalue weighted by atomic mass is 79.9. The molecule has 0 unspecified atom stereocenters. The quantitative estimate of drug-likeness (QED) is 0.819. The van der Waals surface area contributed by atoms with Crippen molar-refractivity contribution in [2.45, 2.75) is 6.92 Å². The van der Waals surface area contributed by atoms with Gasteiger partial charge in [0.15, 0.2) is 0 Å². The summed E-state index contributed by atoms with van der Waals surface area (Å²) in [6, 6.07) is 14.2. The van der Waals surface area contributed by atoms with Crippen LogP contribution in [-0.4, -0.2) is 36.9 Å². The summed E-state index contributed by atoms with van der Waals surface area (Å²) in [6.45, 7) is 2.28. The molecule has 1 N–H and O–H groups in total. The molecule has 0 heterocycles. The molecule has 0 bridgehead atoms. The maximum Gasteiger partial charge on any atom is 0.254 e. The lowest BCUT2D eigenvalue weighted by Crippen LogP contribution is -2.37. The van der Waals surface area contributed by atoms with E-state index in [1.54, 1.807) is 49.6 Å². The van der Waals surface area contributed by atoms with Crippen LogP contribution in [0.5, 0.6) is 5.75 Å². The highest BCUT2D eigenvalue weighted by Crippen LogP contribution is 2.16. The SMILES string of the molecule is CCN(CC(=O)Nc1ccc(OC)cc1)C(=O)c1cccc(Br)c1. The van der Waals surface area contributed by atoms with Crippen molar-refractivity contribution in [1.82, 2.24) is 4.90 Å². The van der Waals surface area contributed by atoms with Crippen LogP contribution >= 0.6 is 15.9 Å². The number of anilines is 1. The lowest BCUT2D eigenvalue weighted by Gasteiger charge is -2.20. The topological polar surface area (TPSA) is 58.6 Å². The van der Waals surface area contributed by atoms with Crippen molar-refractivity contribution >= 4 is 33.4 Å². The zero-order valence-corrected chi connectivity index (χ0v) is 15.2. The monoisotopic (exact) mass is 390 g/mol. The van der Waals surface area contributed by atoms with Gasteiger partial charge in [-0.3, -0.25) is 9.59 Å². The number of benzene rings is 2. The standard InChI is InChI=1S/C18H19BrN2O3/c1-3-21(18(23)13-5-4-6-14(19)11-13)12-17(22)20-15-7-9-16(24-2)10-8-15/h4-11H,3,12H2,1-2H3,(H,20,22). The normalized spacial score (nSPS) is 10.1. The molecule has 0 radical (unpaired) electrons. The third-order valence-corrected chi connectivity index (χ3v) is 3.94. The van der Waals surface area contributed by atoms with Crippen LogP contribution in [0, 0.1) is 0 Å². The molecule has 0 fully saturated rings. The summed E-state index contributed by atoms with van der Waals surface area (Å²) in [5.41, 5.74) is 1.20. The second-order valence-electron chi connectivity index (χ2n) is 5.11. The van der Waals surface area contributed by atoms with Crippen LogP contribution in [0.1, 0.15) is 17.3 Å².